The minimum absolute atomic E-state index is 0.131. The van der Waals surface area contributed by atoms with Crippen LogP contribution >= 0.6 is 34.7 Å². The molecule has 3 aromatic rings. The third kappa shape index (κ3) is 4.55. The summed E-state index contributed by atoms with van der Waals surface area (Å²) in [4.78, 5) is 14.1. The van der Waals surface area contributed by atoms with Crippen molar-refractivity contribution in [1.82, 2.24) is 15.0 Å². The molecule has 0 bridgehead atoms. The minimum atomic E-state index is -3.67. The molecule has 1 aliphatic rings. The monoisotopic (exact) mass is 470 g/mol. The van der Waals surface area contributed by atoms with Crippen LogP contribution in [0.25, 0.3) is 21.8 Å². The molecule has 6 nitrogen and oxygen atoms in total. The summed E-state index contributed by atoms with van der Waals surface area (Å²) in [5.41, 5.74) is 0.959. The summed E-state index contributed by atoms with van der Waals surface area (Å²) in [6.07, 6.45) is 6.58. The number of benzene rings is 1. The molecule has 2 heterocycles. The Hall–Kier alpha value is -1.75. The summed E-state index contributed by atoms with van der Waals surface area (Å²) in [7, 11) is -3.67. The van der Waals surface area contributed by atoms with Gasteiger partial charge in [-0.25, -0.2) is 27.8 Å². The number of aromatic nitrogens is 3. The second-order valence-electron chi connectivity index (χ2n) is 6.62. The third-order valence-corrected chi connectivity index (χ3v) is 6.82. The van der Waals surface area contributed by atoms with Gasteiger partial charge in [0.25, 0.3) is 0 Å². The van der Waals surface area contributed by atoms with Crippen LogP contribution in [0.15, 0.2) is 29.6 Å². The normalized spacial score (nSPS) is 14.2. The molecule has 0 radical (unpaired) electrons. The van der Waals surface area contributed by atoms with Gasteiger partial charge in [-0.2, -0.15) is 0 Å². The van der Waals surface area contributed by atoms with Crippen molar-refractivity contribution in [3.63, 3.8) is 0 Å². The number of hydrogen-bond donors (Lipinski definition) is 1. The Morgan fingerprint density at radius 2 is 2.07 bits per heavy atom. The summed E-state index contributed by atoms with van der Waals surface area (Å²) < 4.78 is 40.7. The summed E-state index contributed by atoms with van der Waals surface area (Å²) in [5.74, 6) is -0.363. The first-order chi connectivity index (χ1) is 13.7. The van der Waals surface area contributed by atoms with E-state index in [1.54, 1.807) is 12.3 Å². The molecule has 0 aliphatic heterocycles. The molecule has 11 heteroatoms. The molecular weight excluding hydrogens is 455 g/mol. The van der Waals surface area contributed by atoms with E-state index in [1.165, 1.54) is 35.2 Å². The standard InChI is InChI=1S/C18H16ClFN4O2S3/c1-27-18-21-6-5-12(22-18)16-15(23-17(28-16)9-3-4-9)11-7-10(19)8-13(14(11)20)24-29(2,25)26/h5-9,24H,3-4H2,1-2H3. The molecule has 152 valence electrons. The van der Waals surface area contributed by atoms with Crippen LogP contribution in [0.2, 0.25) is 5.02 Å². The highest BCUT2D eigenvalue weighted by atomic mass is 35.5. The van der Waals surface area contributed by atoms with Crippen molar-refractivity contribution < 1.29 is 12.8 Å². The summed E-state index contributed by atoms with van der Waals surface area (Å²) >= 11 is 9.05. The lowest BCUT2D eigenvalue weighted by atomic mass is 10.1. The Morgan fingerprint density at radius 1 is 1.31 bits per heavy atom. The first-order valence-electron chi connectivity index (χ1n) is 8.60. The van der Waals surface area contributed by atoms with E-state index in [9.17, 15) is 8.42 Å². The second-order valence-corrected chi connectivity index (χ2v) is 10.6. The van der Waals surface area contributed by atoms with Gasteiger partial charge in [-0.05, 0) is 37.3 Å². The van der Waals surface area contributed by atoms with E-state index in [0.717, 1.165) is 24.1 Å². The molecule has 0 spiro atoms. The SMILES string of the molecule is CSc1nccc(-c2sc(C3CC3)nc2-c2cc(Cl)cc(NS(C)(=O)=O)c2F)n1. The van der Waals surface area contributed by atoms with Gasteiger partial charge in [0.05, 0.1) is 33.2 Å². The quantitative estimate of drug-likeness (QED) is 0.401. The maximum atomic E-state index is 15.3. The van der Waals surface area contributed by atoms with Crippen molar-refractivity contribution in [2.45, 2.75) is 23.9 Å². The molecular formula is C18H16ClFN4O2S3. The lowest BCUT2D eigenvalue weighted by molar-refractivity contribution is 0.604. The summed E-state index contributed by atoms with van der Waals surface area (Å²) in [6.45, 7) is 0. The van der Waals surface area contributed by atoms with Crippen LogP contribution in [0.3, 0.4) is 0 Å². The first kappa shape index (κ1) is 20.5. The molecule has 2 aromatic heterocycles. The van der Waals surface area contributed by atoms with Gasteiger partial charge in [0.15, 0.2) is 11.0 Å². The molecule has 1 saturated carbocycles. The van der Waals surface area contributed by atoms with Crippen LogP contribution < -0.4 is 4.72 Å². The number of thiazole rings is 1. The van der Waals surface area contributed by atoms with Gasteiger partial charge in [0, 0.05) is 22.7 Å². The zero-order chi connectivity index (χ0) is 20.8. The fourth-order valence-corrected chi connectivity index (χ4v) is 5.14. The molecule has 1 aliphatic carbocycles. The van der Waals surface area contributed by atoms with Crippen LogP contribution in [0.4, 0.5) is 10.1 Å². The smallest absolute Gasteiger partial charge is 0.229 e. The maximum Gasteiger partial charge on any atom is 0.229 e. The number of thioether (sulfide) groups is 1. The number of sulfonamides is 1. The number of hydrogen-bond acceptors (Lipinski definition) is 7. The van der Waals surface area contributed by atoms with Gasteiger partial charge in [0.2, 0.25) is 10.0 Å². The van der Waals surface area contributed by atoms with E-state index < -0.39 is 15.8 Å². The molecule has 29 heavy (non-hydrogen) atoms. The summed E-state index contributed by atoms with van der Waals surface area (Å²) in [6, 6.07) is 4.45. The van der Waals surface area contributed by atoms with E-state index in [1.807, 2.05) is 6.26 Å². The average molecular weight is 471 g/mol. The van der Waals surface area contributed by atoms with Gasteiger partial charge in [-0.1, -0.05) is 23.4 Å². The van der Waals surface area contributed by atoms with Crippen molar-refractivity contribution in [1.29, 1.82) is 0 Å². The number of anilines is 1. The van der Waals surface area contributed by atoms with Gasteiger partial charge in [-0.15, -0.1) is 11.3 Å². The highest BCUT2D eigenvalue weighted by molar-refractivity contribution is 7.98. The predicted molar refractivity (Wildman–Crippen MR) is 116 cm³/mol. The number of halogens is 2. The number of rotatable bonds is 6. The van der Waals surface area contributed by atoms with Crippen molar-refractivity contribution in [3.05, 3.63) is 40.2 Å². The Morgan fingerprint density at radius 3 is 2.72 bits per heavy atom. The molecule has 1 fully saturated rings. The van der Waals surface area contributed by atoms with Crippen LogP contribution in [0.1, 0.15) is 23.8 Å². The zero-order valence-corrected chi connectivity index (χ0v) is 18.6. The Labute approximate surface area is 181 Å². The highest BCUT2D eigenvalue weighted by Gasteiger charge is 2.30. The fourth-order valence-electron chi connectivity index (χ4n) is 2.80. The van der Waals surface area contributed by atoms with Crippen LogP contribution in [-0.2, 0) is 10.0 Å². The van der Waals surface area contributed by atoms with Crippen molar-refractivity contribution in [2.75, 3.05) is 17.2 Å². The van der Waals surface area contributed by atoms with E-state index >= 15 is 4.39 Å². The largest absolute Gasteiger partial charge is 0.281 e. The van der Waals surface area contributed by atoms with Crippen molar-refractivity contribution in [2.24, 2.45) is 0 Å². The first-order valence-corrected chi connectivity index (χ1v) is 12.9. The summed E-state index contributed by atoms with van der Waals surface area (Å²) in [5, 5.41) is 1.71. The predicted octanol–water partition coefficient (Wildman–Crippen LogP) is 5.03. The Kier molecular flexibility index (Phi) is 5.54. The van der Waals surface area contributed by atoms with Crippen molar-refractivity contribution in [3.8, 4) is 21.8 Å². The number of nitrogens with zero attached hydrogens (tertiary/aromatic N) is 3. The van der Waals surface area contributed by atoms with Crippen LogP contribution in [0, 0.1) is 5.82 Å². The molecule has 4 rings (SSSR count). The Balaban J connectivity index is 1.91. The molecule has 1 N–H and O–H groups in total. The second kappa shape index (κ2) is 7.82. The lowest BCUT2D eigenvalue weighted by Crippen LogP contribution is -2.11. The van der Waals surface area contributed by atoms with E-state index in [4.69, 9.17) is 11.6 Å². The molecule has 0 unspecified atom stereocenters. The zero-order valence-electron chi connectivity index (χ0n) is 15.4. The van der Waals surface area contributed by atoms with Gasteiger partial charge in [0.1, 0.15) is 0 Å². The van der Waals surface area contributed by atoms with Crippen LogP contribution in [0.5, 0.6) is 0 Å². The van der Waals surface area contributed by atoms with E-state index in [-0.39, 0.29) is 16.3 Å². The van der Waals surface area contributed by atoms with Gasteiger partial charge >= 0.3 is 0 Å². The van der Waals surface area contributed by atoms with Crippen molar-refractivity contribution >= 4 is 50.4 Å². The average Bonchev–Trinajstić information content (AvgIpc) is 3.42. The third-order valence-electron chi connectivity index (χ3n) is 4.21. The highest BCUT2D eigenvalue weighted by Crippen LogP contribution is 2.47. The van der Waals surface area contributed by atoms with Gasteiger partial charge in [-0.3, -0.25) is 4.72 Å². The topological polar surface area (TPSA) is 84.8 Å². The fraction of sp³-hybridized carbons (Fsp3) is 0.278. The molecule has 0 amide bonds. The molecule has 0 atom stereocenters. The van der Waals surface area contributed by atoms with Crippen LogP contribution in [-0.4, -0.2) is 35.9 Å². The molecule has 0 saturated heterocycles. The lowest BCUT2D eigenvalue weighted by Gasteiger charge is -2.11. The number of nitrogens with one attached hydrogen (secondary N) is 1. The maximum absolute atomic E-state index is 15.3. The van der Waals surface area contributed by atoms with E-state index in [0.29, 0.717) is 27.3 Å². The van der Waals surface area contributed by atoms with E-state index in [2.05, 4.69) is 19.7 Å². The molecule has 1 aromatic carbocycles. The van der Waals surface area contributed by atoms with Gasteiger partial charge < -0.3 is 0 Å². The minimum Gasteiger partial charge on any atom is -0.281 e. The Bertz CT molecular complexity index is 1200.